The maximum Gasteiger partial charge on any atom is 0.270 e. The van der Waals surface area contributed by atoms with E-state index in [1.165, 1.54) is 32.4 Å². The number of hydrogen-bond acceptors (Lipinski definition) is 5. The fourth-order valence-electron chi connectivity index (χ4n) is 3.97. The van der Waals surface area contributed by atoms with Gasteiger partial charge in [-0.25, -0.2) is 17.7 Å². The Balaban J connectivity index is 1.98. The summed E-state index contributed by atoms with van der Waals surface area (Å²) < 4.78 is 29.2. The lowest BCUT2D eigenvalue weighted by atomic mass is 10.1. The molecule has 0 aliphatic rings. The van der Waals surface area contributed by atoms with Gasteiger partial charge in [0.1, 0.15) is 4.90 Å². The van der Waals surface area contributed by atoms with Crippen molar-refractivity contribution in [1.29, 1.82) is 0 Å². The lowest BCUT2D eigenvalue weighted by Gasteiger charge is -2.13. The van der Waals surface area contributed by atoms with Crippen LogP contribution >= 0.6 is 0 Å². The van der Waals surface area contributed by atoms with Gasteiger partial charge in [0.2, 0.25) is 10.0 Å². The summed E-state index contributed by atoms with van der Waals surface area (Å²) in [5.74, 6) is 0. The molecule has 2 aromatic heterocycles. The quantitative estimate of drug-likeness (QED) is 0.230. The van der Waals surface area contributed by atoms with Crippen LogP contribution in [0.3, 0.4) is 0 Å². The van der Waals surface area contributed by atoms with Crippen LogP contribution in [0.2, 0.25) is 0 Å². The summed E-state index contributed by atoms with van der Waals surface area (Å²) >= 11 is 0. The first kappa shape index (κ1) is 20.1. The van der Waals surface area contributed by atoms with E-state index in [0.29, 0.717) is 5.52 Å². The molecule has 0 unspecified atom stereocenters. The zero-order valence-electron chi connectivity index (χ0n) is 17.3. The molecule has 8 nitrogen and oxygen atoms in total. The molecule has 0 aliphatic carbocycles. The highest BCUT2D eigenvalue weighted by atomic mass is 32.2. The molecule has 5 rings (SSSR count). The molecule has 0 amide bonds. The Morgan fingerprint density at radius 1 is 0.906 bits per heavy atom. The molecule has 9 heteroatoms. The number of non-ortho nitro benzene ring substituents is 1. The number of benzene rings is 3. The van der Waals surface area contributed by atoms with Crippen LogP contribution in [0.4, 0.5) is 5.69 Å². The molecule has 0 aliphatic heterocycles. The van der Waals surface area contributed by atoms with E-state index in [0.717, 1.165) is 31.8 Å². The lowest BCUT2D eigenvalue weighted by molar-refractivity contribution is -0.384. The zero-order valence-corrected chi connectivity index (χ0v) is 18.1. The van der Waals surface area contributed by atoms with Crippen LogP contribution in [0.15, 0.2) is 77.8 Å². The number of aromatic nitrogens is 2. The van der Waals surface area contributed by atoms with Gasteiger partial charge in [0.25, 0.3) is 5.69 Å². The Hall–Kier alpha value is -3.82. The molecular weight excluding hydrogens is 428 g/mol. The minimum atomic E-state index is -3.87. The highest BCUT2D eigenvalue weighted by molar-refractivity contribution is 7.89. The molecule has 0 saturated heterocycles. The predicted octanol–water partition coefficient (Wildman–Crippen LogP) is 4.49. The second-order valence-corrected chi connectivity index (χ2v) is 9.72. The van der Waals surface area contributed by atoms with Crippen molar-refractivity contribution in [2.75, 3.05) is 14.1 Å². The number of sulfonamides is 1. The third-order valence-corrected chi connectivity index (χ3v) is 7.36. The average Bonchev–Trinajstić information content (AvgIpc) is 3.16. The maximum absolute atomic E-state index is 13.1. The zero-order chi connectivity index (χ0) is 22.6. The molecule has 160 valence electrons. The topological polar surface area (TPSA) is 98.3 Å². The van der Waals surface area contributed by atoms with Gasteiger partial charge in [-0.2, -0.15) is 0 Å². The van der Waals surface area contributed by atoms with Crippen molar-refractivity contribution in [3.05, 3.63) is 83.0 Å². The molecule has 0 saturated carbocycles. The van der Waals surface area contributed by atoms with E-state index in [4.69, 9.17) is 4.98 Å². The van der Waals surface area contributed by atoms with Crippen molar-refractivity contribution in [3.8, 4) is 5.69 Å². The van der Waals surface area contributed by atoms with Crippen LogP contribution in [0, 0.1) is 10.1 Å². The molecule has 3 aromatic carbocycles. The van der Waals surface area contributed by atoms with Crippen molar-refractivity contribution < 1.29 is 13.3 Å². The summed E-state index contributed by atoms with van der Waals surface area (Å²) in [6.07, 6.45) is 1.54. The van der Waals surface area contributed by atoms with E-state index in [2.05, 4.69) is 0 Å². The van der Waals surface area contributed by atoms with Crippen LogP contribution in [0.5, 0.6) is 0 Å². The lowest BCUT2D eigenvalue weighted by Crippen LogP contribution is -2.22. The Labute approximate surface area is 183 Å². The van der Waals surface area contributed by atoms with Crippen molar-refractivity contribution in [1.82, 2.24) is 13.9 Å². The van der Waals surface area contributed by atoms with Gasteiger partial charge in [-0.15, -0.1) is 0 Å². The van der Waals surface area contributed by atoms with Crippen LogP contribution < -0.4 is 0 Å². The summed E-state index contributed by atoms with van der Waals surface area (Å²) in [7, 11) is -0.990. The van der Waals surface area contributed by atoms with Gasteiger partial charge in [-0.3, -0.25) is 10.1 Å². The van der Waals surface area contributed by atoms with Crippen LogP contribution in [-0.2, 0) is 10.0 Å². The fraction of sp³-hybridized carbons (Fsp3) is 0.0870. The number of nitro benzene ring substituents is 1. The molecule has 0 fully saturated rings. The van der Waals surface area contributed by atoms with Gasteiger partial charge in [0, 0.05) is 48.6 Å². The Bertz CT molecular complexity index is 1600. The summed E-state index contributed by atoms with van der Waals surface area (Å²) in [6, 6.07) is 19.5. The number of para-hydroxylation sites is 2. The molecule has 5 aromatic rings. The van der Waals surface area contributed by atoms with Crippen molar-refractivity contribution >= 4 is 48.4 Å². The molecule has 0 spiro atoms. The molecule has 0 N–H and O–H groups in total. The summed E-state index contributed by atoms with van der Waals surface area (Å²) in [5, 5.41) is 13.4. The molecular formula is C23H18N4O4S. The normalized spacial score (nSPS) is 12.2. The maximum atomic E-state index is 13.1. The van der Waals surface area contributed by atoms with Gasteiger partial charge < -0.3 is 4.57 Å². The van der Waals surface area contributed by atoms with Crippen molar-refractivity contribution in [2.24, 2.45) is 0 Å². The highest BCUT2D eigenvalue weighted by Crippen LogP contribution is 2.36. The van der Waals surface area contributed by atoms with E-state index in [9.17, 15) is 18.5 Å². The Morgan fingerprint density at radius 2 is 1.50 bits per heavy atom. The summed E-state index contributed by atoms with van der Waals surface area (Å²) in [5.41, 5.74) is 2.68. The van der Waals surface area contributed by atoms with Gasteiger partial charge in [-0.05, 0) is 18.2 Å². The third-order valence-electron chi connectivity index (χ3n) is 5.52. The molecule has 0 radical (unpaired) electrons. The largest absolute Gasteiger partial charge is 0.314 e. The second kappa shape index (κ2) is 7.11. The van der Waals surface area contributed by atoms with Gasteiger partial charge >= 0.3 is 0 Å². The number of hydrogen-bond donors (Lipinski definition) is 0. The Morgan fingerprint density at radius 3 is 2.06 bits per heavy atom. The third kappa shape index (κ3) is 2.94. The van der Waals surface area contributed by atoms with E-state index < -0.39 is 14.9 Å². The van der Waals surface area contributed by atoms with Gasteiger partial charge in [-0.1, -0.05) is 36.4 Å². The Kier molecular flexibility index (Phi) is 4.47. The van der Waals surface area contributed by atoms with Crippen molar-refractivity contribution in [3.63, 3.8) is 0 Å². The van der Waals surface area contributed by atoms with E-state index in [1.54, 1.807) is 10.6 Å². The standard InChI is InChI=1S/C23H18N4O4S/c1-25(2)32(30,31)22-14-26(21-12-11-15(27(28)29)13-18(21)22)23-16-7-3-5-9-19(16)24-20-10-6-4-8-17(20)23/h3-14H,1-2H3. The molecule has 0 atom stereocenters. The molecule has 32 heavy (non-hydrogen) atoms. The SMILES string of the molecule is CN(C)S(=O)(=O)c1cn(-c2c3ccccc3nc3ccccc23)c2ccc([N+](=O)[O-])cc12. The fourth-order valence-corrected chi connectivity index (χ4v) is 5.04. The number of nitrogens with zero attached hydrogens (tertiary/aromatic N) is 4. The average molecular weight is 446 g/mol. The highest BCUT2D eigenvalue weighted by Gasteiger charge is 2.26. The van der Waals surface area contributed by atoms with Gasteiger partial charge in [0.05, 0.1) is 27.2 Å². The monoisotopic (exact) mass is 446 g/mol. The number of pyridine rings is 1. The van der Waals surface area contributed by atoms with Crippen LogP contribution in [0.1, 0.15) is 0 Å². The van der Waals surface area contributed by atoms with E-state index in [1.807, 2.05) is 48.5 Å². The molecule has 0 bridgehead atoms. The van der Waals surface area contributed by atoms with Crippen LogP contribution in [-0.4, -0.2) is 41.3 Å². The first-order chi connectivity index (χ1) is 15.3. The van der Waals surface area contributed by atoms with Crippen molar-refractivity contribution in [2.45, 2.75) is 4.90 Å². The van der Waals surface area contributed by atoms with E-state index >= 15 is 0 Å². The number of fused-ring (bicyclic) bond motifs is 3. The summed E-state index contributed by atoms with van der Waals surface area (Å²) in [4.78, 5) is 15.6. The smallest absolute Gasteiger partial charge is 0.270 e. The minimum Gasteiger partial charge on any atom is -0.314 e. The second-order valence-electron chi connectivity index (χ2n) is 7.60. The van der Waals surface area contributed by atoms with Gasteiger partial charge in [0.15, 0.2) is 0 Å². The van der Waals surface area contributed by atoms with E-state index in [-0.39, 0.29) is 16.0 Å². The first-order valence-electron chi connectivity index (χ1n) is 9.79. The van der Waals surface area contributed by atoms with Crippen LogP contribution in [0.25, 0.3) is 38.4 Å². The number of rotatable bonds is 4. The molecule has 2 heterocycles. The minimum absolute atomic E-state index is 0.00572. The summed E-state index contributed by atoms with van der Waals surface area (Å²) in [6.45, 7) is 0. The number of nitro groups is 1. The first-order valence-corrected chi connectivity index (χ1v) is 11.2. The predicted molar refractivity (Wildman–Crippen MR) is 124 cm³/mol.